The second kappa shape index (κ2) is 7.99. The molecular formula is C19H15Cl2N3O2. The molecule has 5 nitrogen and oxygen atoms in total. The van der Waals surface area contributed by atoms with Gasteiger partial charge in [0.1, 0.15) is 5.75 Å². The third kappa shape index (κ3) is 4.39. The van der Waals surface area contributed by atoms with Gasteiger partial charge in [0.25, 0.3) is 0 Å². The van der Waals surface area contributed by atoms with Crippen LogP contribution in [-0.4, -0.2) is 6.03 Å². The number of rotatable bonds is 4. The number of nitrogens with one attached hydrogen (secondary N) is 2. The maximum absolute atomic E-state index is 12.3. The quantitative estimate of drug-likeness (QED) is 0.479. The minimum absolute atomic E-state index is 0.274. The van der Waals surface area contributed by atoms with E-state index in [1.54, 1.807) is 60.7 Å². The SMILES string of the molecule is Nc1ccc(Oc2ccccc2NC(=O)Nc2cccc(Cl)c2Cl)cc1. The second-order valence-corrected chi connectivity index (χ2v) is 6.13. The molecule has 26 heavy (non-hydrogen) atoms. The Labute approximate surface area is 160 Å². The zero-order valence-electron chi connectivity index (χ0n) is 13.5. The van der Waals surface area contributed by atoms with Gasteiger partial charge in [0.05, 0.1) is 21.4 Å². The molecule has 0 aliphatic heterocycles. The van der Waals surface area contributed by atoms with Crippen molar-refractivity contribution in [2.24, 2.45) is 0 Å². The molecule has 3 rings (SSSR count). The molecule has 3 aromatic carbocycles. The number of para-hydroxylation sites is 2. The van der Waals surface area contributed by atoms with Crippen LogP contribution in [0.25, 0.3) is 0 Å². The minimum atomic E-state index is -0.470. The number of hydrogen-bond acceptors (Lipinski definition) is 3. The van der Waals surface area contributed by atoms with Gasteiger partial charge < -0.3 is 21.1 Å². The summed E-state index contributed by atoms with van der Waals surface area (Å²) in [5.41, 5.74) is 7.22. The fourth-order valence-electron chi connectivity index (χ4n) is 2.20. The Bertz CT molecular complexity index is 930. The molecular weight excluding hydrogens is 373 g/mol. The monoisotopic (exact) mass is 387 g/mol. The van der Waals surface area contributed by atoms with E-state index in [1.807, 2.05) is 6.07 Å². The Kier molecular flexibility index (Phi) is 5.51. The predicted octanol–water partition coefficient (Wildman–Crippen LogP) is 6.01. The molecule has 0 heterocycles. The summed E-state index contributed by atoms with van der Waals surface area (Å²) in [6.07, 6.45) is 0. The number of anilines is 3. The van der Waals surface area contributed by atoms with Gasteiger partial charge >= 0.3 is 6.03 Å². The lowest BCUT2D eigenvalue weighted by Gasteiger charge is -2.13. The molecule has 132 valence electrons. The van der Waals surface area contributed by atoms with Crippen molar-refractivity contribution in [1.82, 2.24) is 0 Å². The number of carbonyl (C=O) groups excluding carboxylic acids is 1. The Hall–Kier alpha value is -2.89. The van der Waals surface area contributed by atoms with Crippen molar-refractivity contribution in [2.75, 3.05) is 16.4 Å². The van der Waals surface area contributed by atoms with Crippen LogP contribution in [0.3, 0.4) is 0 Å². The molecule has 0 bridgehead atoms. The summed E-state index contributed by atoms with van der Waals surface area (Å²) < 4.78 is 5.81. The van der Waals surface area contributed by atoms with Gasteiger partial charge in [-0.05, 0) is 48.5 Å². The Morgan fingerprint density at radius 2 is 1.50 bits per heavy atom. The average Bonchev–Trinajstić information content (AvgIpc) is 2.62. The van der Waals surface area contributed by atoms with Gasteiger partial charge in [-0.15, -0.1) is 0 Å². The number of benzene rings is 3. The van der Waals surface area contributed by atoms with Gasteiger partial charge in [-0.1, -0.05) is 41.4 Å². The molecule has 0 aliphatic carbocycles. The van der Waals surface area contributed by atoms with Crippen molar-refractivity contribution in [1.29, 1.82) is 0 Å². The summed E-state index contributed by atoms with van der Waals surface area (Å²) >= 11 is 12.0. The van der Waals surface area contributed by atoms with Crippen molar-refractivity contribution >= 4 is 46.3 Å². The highest BCUT2D eigenvalue weighted by atomic mass is 35.5. The van der Waals surface area contributed by atoms with E-state index in [-0.39, 0.29) is 5.02 Å². The Morgan fingerprint density at radius 3 is 2.27 bits per heavy atom. The minimum Gasteiger partial charge on any atom is -0.455 e. The number of nitrogens with two attached hydrogens (primary N) is 1. The fraction of sp³-hybridized carbons (Fsp3) is 0. The van der Waals surface area contributed by atoms with Crippen LogP contribution in [0.2, 0.25) is 10.0 Å². The first-order chi connectivity index (χ1) is 12.5. The first kappa shape index (κ1) is 17.9. The van der Waals surface area contributed by atoms with E-state index in [2.05, 4.69) is 10.6 Å². The van der Waals surface area contributed by atoms with Gasteiger partial charge in [-0.2, -0.15) is 0 Å². The summed E-state index contributed by atoms with van der Waals surface area (Å²) in [4.78, 5) is 12.3. The number of halogens is 2. The van der Waals surface area contributed by atoms with E-state index in [0.717, 1.165) is 0 Å². The third-order valence-electron chi connectivity index (χ3n) is 3.44. The number of ether oxygens (including phenoxy) is 1. The maximum atomic E-state index is 12.3. The Morgan fingerprint density at radius 1 is 0.846 bits per heavy atom. The lowest BCUT2D eigenvalue weighted by atomic mass is 10.2. The van der Waals surface area contributed by atoms with Crippen LogP contribution in [-0.2, 0) is 0 Å². The fourth-order valence-corrected chi connectivity index (χ4v) is 2.55. The summed E-state index contributed by atoms with van der Waals surface area (Å²) in [6.45, 7) is 0. The highest BCUT2D eigenvalue weighted by Gasteiger charge is 2.11. The molecule has 7 heteroatoms. The molecule has 0 aromatic heterocycles. The summed E-state index contributed by atoms with van der Waals surface area (Å²) in [7, 11) is 0. The topological polar surface area (TPSA) is 76.4 Å². The molecule has 4 N–H and O–H groups in total. The summed E-state index contributed by atoms with van der Waals surface area (Å²) in [5.74, 6) is 1.09. The van der Waals surface area contributed by atoms with Gasteiger partial charge in [0.2, 0.25) is 0 Å². The molecule has 0 unspecified atom stereocenters. The van der Waals surface area contributed by atoms with Gasteiger partial charge in [0, 0.05) is 5.69 Å². The predicted molar refractivity (Wildman–Crippen MR) is 106 cm³/mol. The second-order valence-electron chi connectivity index (χ2n) is 5.35. The molecule has 0 radical (unpaired) electrons. The molecule has 0 fully saturated rings. The van der Waals surface area contributed by atoms with Gasteiger partial charge in [0.15, 0.2) is 5.75 Å². The number of amides is 2. The van der Waals surface area contributed by atoms with Crippen LogP contribution in [0.5, 0.6) is 11.5 Å². The third-order valence-corrected chi connectivity index (χ3v) is 4.26. The normalized spacial score (nSPS) is 10.2. The van der Waals surface area contributed by atoms with Gasteiger partial charge in [-0.25, -0.2) is 4.79 Å². The molecule has 3 aromatic rings. The summed E-state index contributed by atoms with van der Waals surface area (Å²) in [5, 5.41) is 6.03. The number of nitrogen functional groups attached to an aromatic ring is 1. The van der Waals surface area contributed by atoms with Crippen molar-refractivity contribution in [3.05, 3.63) is 76.8 Å². The first-order valence-corrected chi connectivity index (χ1v) is 8.43. The van der Waals surface area contributed by atoms with Crippen LogP contribution in [0.1, 0.15) is 0 Å². The van der Waals surface area contributed by atoms with Crippen LogP contribution < -0.4 is 21.1 Å². The first-order valence-electron chi connectivity index (χ1n) is 7.67. The van der Waals surface area contributed by atoms with Crippen molar-refractivity contribution in [3.8, 4) is 11.5 Å². The number of carbonyl (C=O) groups is 1. The molecule has 0 saturated carbocycles. The molecule has 2 amide bonds. The molecule has 0 spiro atoms. The van der Waals surface area contributed by atoms with E-state index in [0.29, 0.717) is 33.6 Å². The molecule has 0 saturated heterocycles. The smallest absolute Gasteiger partial charge is 0.323 e. The highest BCUT2D eigenvalue weighted by molar-refractivity contribution is 6.44. The van der Waals surface area contributed by atoms with E-state index >= 15 is 0 Å². The lowest BCUT2D eigenvalue weighted by molar-refractivity contribution is 0.262. The van der Waals surface area contributed by atoms with E-state index in [4.69, 9.17) is 33.7 Å². The number of urea groups is 1. The maximum Gasteiger partial charge on any atom is 0.323 e. The van der Waals surface area contributed by atoms with Crippen LogP contribution >= 0.6 is 23.2 Å². The van der Waals surface area contributed by atoms with E-state index in [1.165, 1.54) is 0 Å². The van der Waals surface area contributed by atoms with E-state index < -0.39 is 6.03 Å². The zero-order valence-corrected chi connectivity index (χ0v) is 15.0. The molecule has 0 atom stereocenters. The molecule has 0 aliphatic rings. The van der Waals surface area contributed by atoms with E-state index in [9.17, 15) is 4.79 Å². The largest absolute Gasteiger partial charge is 0.455 e. The van der Waals surface area contributed by atoms with Gasteiger partial charge in [-0.3, -0.25) is 0 Å². The van der Waals surface area contributed by atoms with Crippen molar-refractivity contribution < 1.29 is 9.53 Å². The highest BCUT2D eigenvalue weighted by Crippen LogP contribution is 2.31. The van der Waals surface area contributed by atoms with Crippen LogP contribution in [0.15, 0.2) is 66.7 Å². The van der Waals surface area contributed by atoms with Crippen LogP contribution in [0, 0.1) is 0 Å². The summed E-state index contributed by atoms with van der Waals surface area (Å²) in [6, 6.07) is 18.6. The van der Waals surface area contributed by atoms with Crippen molar-refractivity contribution in [3.63, 3.8) is 0 Å². The zero-order chi connectivity index (χ0) is 18.5. The Balaban J connectivity index is 1.74. The van der Waals surface area contributed by atoms with Crippen molar-refractivity contribution in [2.45, 2.75) is 0 Å². The average molecular weight is 388 g/mol. The lowest BCUT2D eigenvalue weighted by Crippen LogP contribution is -2.20. The van der Waals surface area contributed by atoms with Crippen LogP contribution in [0.4, 0.5) is 21.9 Å². The standard InChI is InChI=1S/C19H15Cl2N3O2/c20-14-4-3-6-16(18(14)21)24-19(25)23-15-5-1-2-7-17(15)26-13-10-8-12(22)9-11-13/h1-11H,22H2,(H2,23,24,25). The number of hydrogen-bond donors (Lipinski definition) is 3.